The topological polar surface area (TPSA) is 34.1 Å². The number of thioether (sulfide) groups is 1. The molecule has 1 aromatic rings. The van der Waals surface area contributed by atoms with Gasteiger partial charge in [-0.25, -0.2) is 4.39 Å². The number of benzene rings is 1. The first-order chi connectivity index (χ1) is 8.00. The van der Waals surface area contributed by atoms with Crippen molar-refractivity contribution in [3.05, 3.63) is 41.2 Å². The molecular formula is C13H13FO2S. The Labute approximate surface area is 104 Å². The Morgan fingerprint density at radius 3 is 2.65 bits per heavy atom. The van der Waals surface area contributed by atoms with Gasteiger partial charge in [0.1, 0.15) is 5.82 Å². The third-order valence-corrected chi connectivity index (χ3v) is 2.84. The Morgan fingerprint density at radius 1 is 1.35 bits per heavy atom. The van der Waals surface area contributed by atoms with Crippen molar-refractivity contribution in [1.29, 1.82) is 0 Å². The first kappa shape index (κ1) is 13.6. The molecular weight excluding hydrogens is 239 g/mol. The van der Waals surface area contributed by atoms with Gasteiger partial charge in [-0.05, 0) is 24.6 Å². The lowest BCUT2D eigenvalue weighted by molar-refractivity contribution is -0.109. The molecule has 2 nitrogen and oxygen atoms in total. The molecule has 0 aliphatic rings. The highest BCUT2D eigenvalue weighted by Gasteiger charge is 2.05. The van der Waals surface area contributed by atoms with E-state index >= 15 is 0 Å². The van der Waals surface area contributed by atoms with E-state index in [0.29, 0.717) is 16.9 Å². The number of halogens is 1. The van der Waals surface area contributed by atoms with Crippen molar-refractivity contribution in [2.24, 2.45) is 0 Å². The molecule has 0 saturated heterocycles. The van der Waals surface area contributed by atoms with Crippen LogP contribution >= 0.6 is 11.8 Å². The largest absolute Gasteiger partial charge is 0.294 e. The van der Waals surface area contributed by atoms with Crippen LogP contribution in [0.15, 0.2) is 24.3 Å². The Bertz CT molecular complexity index is 466. The van der Waals surface area contributed by atoms with Gasteiger partial charge in [0, 0.05) is 18.2 Å². The zero-order valence-electron chi connectivity index (χ0n) is 9.70. The second-order valence-electron chi connectivity index (χ2n) is 3.49. The molecule has 0 bridgehead atoms. The van der Waals surface area contributed by atoms with Crippen LogP contribution in [0.2, 0.25) is 0 Å². The summed E-state index contributed by atoms with van der Waals surface area (Å²) in [5.41, 5.74) is 1.03. The summed E-state index contributed by atoms with van der Waals surface area (Å²) in [6, 6.07) is 4.09. The van der Waals surface area contributed by atoms with Crippen molar-refractivity contribution in [3.8, 4) is 0 Å². The first-order valence-corrected chi connectivity index (χ1v) is 6.09. The molecule has 0 atom stereocenters. The van der Waals surface area contributed by atoms with Crippen molar-refractivity contribution in [2.75, 3.05) is 5.75 Å². The SMILES string of the molecule is CC(=O)SCC=Cc1ccc(F)cc1C(C)=O. The van der Waals surface area contributed by atoms with Gasteiger partial charge in [-0.2, -0.15) is 0 Å². The summed E-state index contributed by atoms with van der Waals surface area (Å²) in [4.78, 5) is 22.0. The molecule has 0 heterocycles. The van der Waals surface area contributed by atoms with E-state index in [2.05, 4.69) is 0 Å². The van der Waals surface area contributed by atoms with E-state index < -0.39 is 5.82 Å². The molecule has 0 spiro atoms. The minimum Gasteiger partial charge on any atom is -0.294 e. The minimum absolute atomic E-state index is 0.0422. The summed E-state index contributed by atoms with van der Waals surface area (Å²) in [6.07, 6.45) is 3.51. The lowest BCUT2D eigenvalue weighted by atomic mass is 10.0. The molecule has 0 unspecified atom stereocenters. The number of rotatable bonds is 4. The number of carbonyl (C=O) groups is 2. The van der Waals surface area contributed by atoms with Gasteiger partial charge in [0.15, 0.2) is 10.9 Å². The predicted octanol–water partition coefficient (Wildman–Crippen LogP) is 3.32. The maximum atomic E-state index is 13.0. The van der Waals surface area contributed by atoms with Crippen LogP contribution in [0.4, 0.5) is 4.39 Å². The van der Waals surface area contributed by atoms with Gasteiger partial charge >= 0.3 is 0 Å². The van der Waals surface area contributed by atoms with Gasteiger partial charge in [-0.1, -0.05) is 30.0 Å². The molecule has 0 N–H and O–H groups in total. The summed E-state index contributed by atoms with van der Waals surface area (Å²) >= 11 is 1.18. The van der Waals surface area contributed by atoms with Crippen LogP contribution in [0.1, 0.15) is 29.8 Å². The second-order valence-corrected chi connectivity index (χ2v) is 4.69. The zero-order valence-corrected chi connectivity index (χ0v) is 10.5. The summed E-state index contributed by atoms with van der Waals surface area (Å²) in [7, 11) is 0. The molecule has 4 heteroatoms. The van der Waals surface area contributed by atoms with Crippen LogP contribution in [-0.2, 0) is 4.79 Å². The highest BCUT2D eigenvalue weighted by atomic mass is 32.2. The molecule has 0 amide bonds. The lowest BCUT2D eigenvalue weighted by Crippen LogP contribution is -1.97. The molecule has 0 saturated carbocycles. The van der Waals surface area contributed by atoms with E-state index in [-0.39, 0.29) is 10.9 Å². The zero-order chi connectivity index (χ0) is 12.8. The predicted molar refractivity (Wildman–Crippen MR) is 68.6 cm³/mol. The Hall–Kier alpha value is -1.42. The molecule has 0 aliphatic heterocycles. The van der Waals surface area contributed by atoms with Gasteiger partial charge in [0.25, 0.3) is 0 Å². The van der Waals surface area contributed by atoms with Gasteiger partial charge in [0.2, 0.25) is 0 Å². The number of ketones is 1. The van der Waals surface area contributed by atoms with Crippen molar-refractivity contribution in [2.45, 2.75) is 13.8 Å². The quantitative estimate of drug-likeness (QED) is 0.771. The Kier molecular flexibility index (Phi) is 5.10. The van der Waals surface area contributed by atoms with Crippen molar-refractivity contribution < 1.29 is 14.0 Å². The fraction of sp³-hybridized carbons (Fsp3) is 0.231. The summed E-state index contributed by atoms with van der Waals surface area (Å²) < 4.78 is 13.0. The number of Topliss-reactive ketones (excluding diaryl/α,β-unsaturated/α-hetero) is 1. The number of hydrogen-bond acceptors (Lipinski definition) is 3. The van der Waals surface area contributed by atoms with E-state index in [1.165, 1.54) is 37.7 Å². The molecule has 1 rings (SSSR count). The summed E-state index contributed by atoms with van der Waals surface area (Å²) in [5.74, 6) is -0.0572. The molecule has 0 fully saturated rings. The van der Waals surface area contributed by atoms with Crippen molar-refractivity contribution in [1.82, 2.24) is 0 Å². The number of carbonyl (C=O) groups excluding carboxylic acids is 2. The van der Waals surface area contributed by atoms with Crippen molar-refractivity contribution in [3.63, 3.8) is 0 Å². The maximum absolute atomic E-state index is 13.0. The lowest BCUT2D eigenvalue weighted by Gasteiger charge is -2.02. The average Bonchev–Trinajstić information content (AvgIpc) is 2.25. The minimum atomic E-state index is -0.425. The highest BCUT2D eigenvalue weighted by Crippen LogP contribution is 2.14. The highest BCUT2D eigenvalue weighted by molar-refractivity contribution is 8.13. The van der Waals surface area contributed by atoms with Crippen LogP contribution in [0, 0.1) is 5.82 Å². The van der Waals surface area contributed by atoms with Crippen LogP contribution in [0.5, 0.6) is 0 Å². The molecule has 0 aromatic heterocycles. The Balaban J connectivity index is 2.83. The van der Waals surface area contributed by atoms with Gasteiger partial charge in [-0.15, -0.1) is 0 Å². The van der Waals surface area contributed by atoms with E-state index in [0.717, 1.165) is 0 Å². The van der Waals surface area contributed by atoms with Crippen LogP contribution in [-0.4, -0.2) is 16.7 Å². The van der Waals surface area contributed by atoms with Crippen molar-refractivity contribution >= 4 is 28.7 Å². The third kappa shape index (κ3) is 4.53. The normalized spacial score (nSPS) is 10.8. The van der Waals surface area contributed by atoms with E-state index in [4.69, 9.17) is 0 Å². The molecule has 0 aliphatic carbocycles. The van der Waals surface area contributed by atoms with Gasteiger partial charge in [-0.3, -0.25) is 9.59 Å². The van der Waals surface area contributed by atoms with Crippen LogP contribution < -0.4 is 0 Å². The van der Waals surface area contributed by atoms with Gasteiger partial charge in [0.05, 0.1) is 0 Å². The summed E-state index contributed by atoms with van der Waals surface area (Å²) in [6.45, 7) is 2.90. The van der Waals surface area contributed by atoms with Crippen LogP contribution in [0.25, 0.3) is 6.08 Å². The fourth-order valence-electron chi connectivity index (χ4n) is 1.32. The molecule has 1 aromatic carbocycles. The van der Waals surface area contributed by atoms with E-state index in [1.807, 2.05) is 0 Å². The molecule has 0 radical (unpaired) electrons. The second kappa shape index (κ2) is 6.35. The van der Waals surface area contributed by atoms with Crippen LogP contribution in [0.3, 0.4) is 0 Å². The fourth-order valence-corrected chi connectivity index (χ4v) is 1.75. The van der Waals surface area contributed by atoms with E-state index in [9.17, 15) is 14.0 Å². The van der Waals surface area contributed by atoms with Gasteiger partial charge < -0.3 is 0 Å². The average molecular weight is 252 g/mol. The number of hydrogen-bond donors (Lipinski definition) is 0. The first-order valence-electron chi connectivity index (χ1n) is 5.11. The standard InChI is InChI=1S/C13H13FO2S/c1-9(15)13-8-12(14)6-5-11(13)4-3-7-17-10(2)16/h3-6,8H,7H2,1-2H3. The molecule has 17 heavy (non-hydrogen) atoms. The van der Waals surface area contributed by atoms with E-state index in [1.54, 1.807) is 18.2 Å². The smallest absolute Gasteiger partial charge is 0.186 e. The third-order valence-electron chi connectivity index (χ3n) is 2.07. The monoisotopic (exact) mass is 252 g/mol. The summed E-state index contributed by atoms with van der Waals surface area (Å²) in [5, 5.41) is 0.0422. The Morgan fingerprint density at radius 2 is 2.06 bits per heavy atom. The maximum Gasteiger partial charge on any atom is 0.186 e. The molecule has 90 valence electrons.